The maximum atomic E-state index is 10.9. The van der Waals surface area contributed by atoms with Crippen molar-refractivity contribution in [1.29, 1.82) is 0 Å². The SMILES string of the molecule is C#Cc1ccc(CC2(C(=O)O)NS2)cc1. The summed E-state index contributed by atoms with van der Waals surface area (Å²) in [5.41, 5.74) is 1.77. The van der Waals surface area contributed by atoms with E-state index in [1.165, 1.54) is 11.9 Å². The number of terminal acetylenes is 1. The molecular formula is C11H9NO2S. The van der Waals surface area contributed by atoms with Gasteiger partial charge in [-0.15, -0.1) is 6.42 Å². The summed E-state index contributed by atoms with van der Waals surface area (Å²) in [7, 11) is 0. The molecule has 1 aliphatic rings. The summed E-state index contributed by atoms with van der Waals surface area (Å²) in [5.74, 6) is 1.69. The minimum Gasteiger partial charge on any atom is -0.479 e. The fourth-order valence-corrected chi connectivity index (χ4v) is 1.91. The van der Waals surface area contributed by atoms with E-state index < -0.39 is 10.8 Å². The van der Waals surface area contributed by atoms with Crippen molar-refractivity contribution in [3.8, 4) is 12.3 Å². The number of nitrogens with one attached hydrogen (secondary N) is 1. The van der Waals surface area contributed by atoms with Gasteiger partial charge in [0.05, 0.1) is 0 Å². The molecule has 3 nitrogen and oxygen atoms in total. The molecule has 0 saturated carbocycles. The Bertz CT molecular complexity index is 429. The third-order valence-corrected chi connectivity index (χ3v) is 3.28. The van der Waals surface area contributed by atoms with Crippen molar-refractivity contribution >= 4 is 17.9 Å². The number of rotatable bonds is 3. The molecule has 1 saturated heterocycles. The standard InChI is InChI=1S/C11H9NO2S/c1-2-8-3-5-9(6-4-8)7-11(10(13)14)12-15-11/h1,3-6,12H,7H2,(H,13,14). The van der Waals surface area contributed by atoms with Crippen LogP contribution in [0.5, 0.6) is 0 Å². The van der Waals surface area contributed by atoms with Gasteiger partial charge in [0.15, 0.2) is 4.87 Å². The molecule has 0 amide bonds. The number of hydrogen-bond donors (Lipinski definition) is 2. The quantitative estimate of drug-likeness (QED) is 0.456. The van der Waals surface area contributed by atoms with E-state index in [-0.39, 0.29) is 0 Å². The number of hydrogen-bond acceptors (Lipinski definition) is 3. The number of carboxylic acids is 1. The number of benzene rings is 1. The summed E-state index contributed by atoms with van der Waals surface area (Å²) >= 11 is 1.24. The highest BCUT2D eigenvalue weighted by Crippen LogP contribution is 2.39. The number of carbonyl (C=O) groups is 1. The van der Waals surface area contributed by atoms with Gasteiger partial charge >= 0.3 is 5.97 Å². The Balaban J connectivity index is 2.12. The first-order chi connectivity index (χ1) is 7.16. The average molecular weight is 219 g/mol. The lowest BCUT2D eigenvalue weighted by molar-refractivity contribution is -0.139. The van der Waals surface area contributed by atoms with E-state index in [9.17, 15) is 4.79 Å². The van der Waals surface area contributed by atoms with Gasteiger partial charge in [-0.05, 0) is 29.6 Å². The van der Waals surface area contributed by atoms with Gasteiger partial charge in [-0.2, -0.15) is 0 Å². The van der Waals surface area contributed by atoms with Crippen molar-refractivity contribution in [2.24, 2.45) is 0 Å². The van der Waals surface area contributed by atoms with Crippen LogP contribution in [0.15, 0.2) is 24.3 Å². The van der Waals surface area contributed by atoms with Gasteiger partial charge in [0, 0.05) is 12.0 Å². The summed E-state index contributed by atoms with van der Waals surface area (Å²) in [6, 6.07) is 7.36. The highest BCUT2D eigenvalue weighted by Gasteiger charge is 2.51. The molecule has 4 heteroatoms. The van der Waals surface area contributed by atoms with Crippen molar-refractivity contribution in [2.75, 3.05) is 0 Å². The second-order valence-corrected chi connectivity index (χ2v) is 4.46. The normalized spacial score (nSPS) is 23.1. The van der Waals surface area contributed by atoms with Gasteiger partial charge in [0.2, 0.25) is 0 Å². The smallest absolute Gasteiger partial charge is 0.336 e. The predicted molar refractivity (Wildman–Crippen MR) is 59.2 cm³/mol. The Kier molecular flexibility index (Phi) is 2.43. The van der Waals surface area contributed by atoms with Gasteiger partial charge in [-0.3, -0.25) is 0 Å². The van der Waals surface area contributed by atoms with Crippen LogP contribution in [0.2, 0.25) is 0 Å². The third-order valence-electron chi connectivity index (χ3n) is 2.27. The van der Waals surface area contributed by atoms with Crippen LogP contribution in [0.1, 0.15) is 11.1 Å². The molecule has 0 aromatic heterocycles. The molecule has 1 atom stereocenters. The van der Waals surface area contributed by atoms with Crippen LogP contribution >= 0.6 is 11.9 Å². The van der Waals surface area contributed by atoms with Gasteiger partial charge in [-0.1, -0.05) is 18.1 Å². The topological polar surface area (TPSA) is 59.2 Å². The summed E-state index contributed by atoms with van der Waals surface area (Å²) in [5, 5.41) is 8.95. The van der Waals surface area contributed by atoms with Crippen LogP contribution in [-0.4, -0.2) is 15.9 Å². The van der Waals surface area contributed by atoms with Crippen LogP contribution < -0.4 is 4.72 Å². The fourth-order valence-electron chi connectivity index (χ4n) is 1.30. The van der Waals surface area contributed by atoms with Crippen molar-refractivity contribution < 1.29 is 9.90 Å². The van der Waals surface area contributed by atoms with Crippen molar-refractivity contribution in [2.45, 2.75) is 11.3 Å². The van der Waals surface area contributed by atoms with Crippen molar-refractivity contribution in [1.82, 2.24) is 4.72 Å². The summed E-state index contributed by atoms with van der Waals surface area (Å²) in [6.07, 6.45) is 5.70. The second kappa shape index (κ2) is 3.61. The molecule has 1 aromatic carbocycles. The second-order valence-electron chi connectivity index (χ2n) is 3.35. The van der Waals surface area contributed by atoms with Gasteiger partial charge in [0.25, 0.3) is 0 Å². The lowest BCUT2D eigenvalue weighted by atomic mass is 10.0. The molecule has 1 aliphatic heterocycles. The molecule has 1 fully saturated rings. The molecule has 15 heavy (non-hydrogen) atoms. The lowest BCUT2D eigenvalue weighted by Crippen LogP contribution is -2.28. The molecule has 0 bridgehead atoms. The Morgan fingerprint density at radius 3 is 2.53 bits per heavy atom. The van der Waals surface area contributed by atoms with Gasteiger partial charge in [0.1, 0.15) is 0 Å². The highest BCUT2D eigenvalue weighted by atomic mass is 32.2. The largest absolute Gasteiger partial charge is 0.479 e. The van der Waals surface area contributed by atoms with Crippen LogP contribution in [0.25, 0.3) is 0 Å². The molecular weight excluding hydrogens is 210 g/mol. The molecule has 0 spiro atoms. The minimum atomic E-state index is -0.825. The van der Waals surface area contributed by atoms with E-state index in [0.29, 0.717) is 6.42 Å². The molecule has 1 aromatic rings. The first kappa shape index (κ1) is 10.1. The zero-order chi connectivity index (χ0) is 10.9. The van der Waals surface area contributed by atoms with Crippen molar-refractivity contribution in [3.05, 3.63) is 35.4 Å². The molecule has 1 heterocycles. The molecule has 1 unspecified atom stereocenters. The monoisotopic (exact) mass is 219 g/mol. The minimum absolute atomic E-state index is 0.470. The van der Waals surface area contributed by atoms with Crippen LogP contribution in [-0.2, 0) is 11.2 Å². The highest BCUT2D eigenvalue weighted by molar-refractivity contribution is 8.06. The van der Waals surface area contributed by atoms with Crippen molar-refractivity contribution in [3.63, 3.8) is 0 Å². The van der Waals surface area contributed by atoms with Crippen LogP contribution in [0.4, 0.5) is 0 Å². The first-order valence-electron chi connectivity index (χ1n) is 4.40. The third kappa shape index (κ3) is 1.99. The number of carboxylic acid groups (broad SMARTS) is 1. The Hall–Kier alpha value is -1.44. The molecule has 76 valence electrons. The molecule has 0 aliphatic carbocycles. The van der Waals surface area contributed by atoms with E-state index >= 15 is 0 Å². The van der Waals surface area contributed by atoms with E-state index in [2.05, 4.69) is 10.6 Å². The maximum absolute atomic E-state index is 10.9. The van der Waals surface area contributed by atoms with Gasteiger partial charge < -0.3 is 5.11 Å². The van der Waals surface area contributed by atoms with E-state index in [4.69, 9.17) is 11.5 Å². The average Bonchev–Trinajstić information content (AvgIpc) is 3.00. The summed E-state index contributed by atoms with van der Waals surface area (Å²) < 4.78 is 2.80. The number of aliphatic carboxylic acids is 1. The summed E-state index contributed by atoms with van der Waals surface area (Å²) in [6.45, 7) is 0. The molecule has 0 radical (unpaired) electrons. The van der Waals surface area contributed by atoms with E-state index in [1.807, 2.05) is 24.3 Å². The lowest BCUT2D eigenvalue weighted by Gasteiger charge is -2.05. The Morgan fingerprint density at radius 1 is 1.53 bits per heavy atom. The summed E-state index contributed by atoms with van der Waals surface area (Å²) in [4.78, 5) is 10.1. The Labute approximate surface area is 92.0 Å². The zero-order valence-electron chi connectivity index (χ0n) is 7.86. The Morgan fingerprint density at radius 2 is 2.13 bits per heavy atom. The first-order valence-corrected chi connectivity index (χ1v) is 5.22. The molecule has 2 rings (SSSR count). The maximum Gasteiger partial charge on any atom is 0.336 e. The van der Waals surface area contributed by atoms with Gasteiger partial charge in [-0.25, -0.2) is 9.52 Å². The van der Waals surface area contributed by atoms with Crippen LogP contribution in [0, 0.1) is 12.3 Å². The van der Waals surface area contributed by atoms with E-state index in [1.54, 1.807) is 0 Å². The van der Waals surface area contributed by atoms with E-state index in [0.717, 1.165) is 11.1 Å². The zero-order valence-corrected chi connectivity index (χ0v) is 8.67. The van der Waals surface area contributed by atoms with Crippen LogP contribution in [0.3, 0.4) is 0 Å². The molecule has 2 N–H and O–H groups in total. The fraction of sp³-hybridized carbons (Fsp3) is 0.182. The predicted octanol–water partition coefficient (Wildman–Crippen LogP) is 1.24.